The van der Waals surface area contributed by atoms with E-state index in [-0.39, 0.29) is 16.6 Å². The predicted octanol–water partition coefficient (Wildman–Crippen LogP) is 8.17. The first-order valence-electron chi connectivity index (χ1n) is 15.5. The highest BCUT2D eigenvalue weighted by Crippen LogP contribution is 2.36. The van der Waals surface area contributed by atoms with Crippen molar-refractivity contribution in [1.82, 2.24) is 15.6 Å². The van der Waals surface area contributed by atoms with Crippen LogP contribution >= 0.6 is 11.8 Å². The van der Waals surface area contributed by atoms with E-state index >= 15 is 0 Å². The first-order chi connectivity index (χ1) is 19.2. The summed E-state index contributed by atoms with van der Waals surface area (Å²) in [6.45, 7) is 4.07. The van der Waals surface area contributed by atoms with Gasteiger partial charge < -0.3 is 20.1 Å². The second kappa shape index (κ2) is 22.8. The maximum absolute atomic E-state index is 11.9. The third-order valence-electron chi connectivity index (χ3n) is 7.15. The van der Waals surface area contributed by atoms with Crippen molar-refractivity contribution in [3.63, 3.8) is 0 Å². The number of unbranched alkanes of at least 4 members (excludes halogenated alkanes) is 15. The Balaban J connectivity index is 1.28. The fourth-order valence-corrected chi connectivity index (χ4v) is 5.90. The maximum atomic E-state index is 11.9. The van der Waals surface area contributed by atoms with Crippen LogP contribution in [0.25, 0.3) is 0 Å². The number of nitrogens with zero attached hydrogens (tertiary/aromatic N) is 1. The lowest BCUT2D eigenvalue weighted by Gasteiger charge is -2.33. The molecule has 2 atom stereocenters. The summed E-state index contributed by atoms with van der Waals surface area (Å²) in [5, 5.41) is 6.09. The normalized spacial score (nSPS) is 16.3. The number of alkyl carbamates (subject to hydrolysis) is 2. The number of pyridine rings is 1. The Morgan fingerprint density at radius 3 is 1.74 bits per heavy atom. The summed E-state index contributed by atoms with van der Waals surface area (Å²) in [5.74, 6) is 0. The topological polar surface area (TPSA) is 89.5 Å². The highest BCUT2D eigenvalue weighted by Gasteiger charge is 2.31. The molecule has 7 nitrogen and oxygen atoms in total. The third kappa shape index (κ3) is 18.1. The Labute approximate surface area is 241 Å². The summed E-state index contributed by atoms with van der Waals surface area (Å²) in [5.41, 5.74) is 0.790. The van der Waals surface area contributed by atoms with Gasteiger partial charge in [-0.05, 0) is 25.0 Å². The zero-order valence-electron chi connectivity index (χ0n) is 24.3. The number of hydrogen-bond acceptors (Lipinski definition) is 6. The molecule has 0 bridgehead atoms. The SMILES string of the molecule is CCCCCCCCCCCCCCCCCCNC(=O)OC[C@H]1C[C@H](COC(=O)NCc2ccccn2)S1. The van der Waals surface area contributed by atoms with E-state index in [2.05, 4.69) is 22.5 Å². The van der Waals surface area contributed by atoms with Gasteiger partial charge in [0.2, 0.25) is 0 Å². The van der Waals surface area contributed by atoms with Crippen LogP contribution in [0.4, 0.5) is 9.59 Å². The smallest absolute Gasteiger partial charge is 0.407 e. The Morgan fingerprint density at radius 2 is 1.26 bits per heavy atom. The van der Waals surface area contributed by atoms with E-state index in [1.807, 2.05) is 18.2 Å². The van der Waals surface area contributed by atoms with Gasteiger partial charge in [-0.3, -0.25) is 4.98 Å². The minimum Gasteiger partial charge on any atom is -0.448 e. The van der Waals surface area contributed by atoms with Crippen LogP contribution in [0, 0.1) is 0 Å². The average Bonchev–Trinajstić information content (AvgIpc) is 2.93. The van der Waals surface area contributed by atoms with Gasteiger partial charge in [0, 0.05) is 23.2 Å². The van der Waals surface area contributed by atoms with E-state index in [1.165, 1.54) is 89.9 Å². The number of carbonyl (C=O) groups excluding carboxylic acids is 2. The van der Waals surface area contributed by atoms with E-state index in [4.69, 9.17) is 9.47 Å². The molecule has 1 saturated heterocycles. The summed E-state index contributed by atoms with van der Waals surface area (Å²) >= 11 is 1.70. The molecule has 2 rings (SSSR count). The molecule has 222 valence electrons. The van der Waals surface area contributed by atoms with Gasteiger partial charge in [-0.25, -0.2) is 9.59 Å². The molecule has 0 aromatic carbocycles. The van der Waals surface area contributed by atoms with Crippen LogP contribution in [0.2, 0.25) is 0 Å². The van der Waals surface area contributed by atoms with E-state index in [1.54, 1.807) is 18.0 Å². The molecule has 0 saturated carbocycles. The van der Waals surface area contributed by atoms with Gasteiger partial charge in [-0.2, -0.15) is 0 Å². The zero-order valence-corrected chi connectivity index (χ0v) is 25.1. The van der Waals surface area contributed by atoms with Gasteiger partial charge in [0.05, 0.1) is 12.2 Å². The number of hydrogen-bond donors (Lipinski definition) is 2. The Kier molecular flexibility index (Phi) is 19.4. The quantitative estimate of drug-likeness (QED) is 0.131. The molecule has 1 aromatic rings. The van der Waals surface area contributed by atoms with Gasteiger partial charge >= 0.3 is 12.2 Å². The lowest BCUT2D eigenvalue weighted by molar-refractivity contribution is 0.134. The summed E-state index contributed by atoms with van der Waals surface area (Å²) < 4.78 is 10.6. The predicted molar refractivity (Wildman–Crippen MR) is 161 cm³/mol. The molecule has 1 aliphatic heterocycles. The molecular formula is C31H53N3O4S. The van der Waals surface area contributed by atoms with Crippen molar-refractivity contribution in [3.8, 4) is 0 Å². The minimum atomic E-state index is -0.436. The third-order valence-corrected chi connectivity index (χ3v) is 8.58. The first kappa shape index (κ1) is 33.2. The molecule has 1 aromatic heterocycles. The number of aromatic nitrogens is 1. The van der Waals surface area contributed by atoms with E-state index in [9.17, 15) is 9.59 Å². The summed E-state index contributed by atoms with van der Waals surface area (Å²) in [6, 6.07) is 5.57. The average molecular weight is 564 g/mol. The number of thioether (sulfide) groups is 1. The second-order valence-electron chi connectivity index (χ2n) is 10.7. The highest BCUT2D eigenvalue weighted by molar-refractivity contribution is 8.01. The van der Waals surface area contributed by atoms with Crippen molar-refractivity contribution in [2.75, 3.05) is 19.8 Å². The van der Waals surface area contributed by atoms with Gasteiger partial charge in [-0.15, -0.1) is 11.8 Å². The number of nitrogens with one attached hydrogen (secondary N) is 2. The van der Waals surface area contributed by atoms with Gasteiger partial charge in [0.25, 0.3) is 0 Å². The van der Waals surface area contributed by atoms with Crippen molar-refractivity contribution in [2.45, 2.75) is 133 Å². The lowest BCUT2D eigenvalue weighted by Crippen LogP contribution is -2.37. The van der Waals surface area contributed by atoms with Crippen molar-refractivity contribution in [3.05, 3.63) is 30.1 Å². The van der Waals surface area contributed by atoms with Crippen molar-refractivity contribution < 1.29 is 19.1 Å². The first-order valence-corrected chi connectivity index (χ1v) is 16.5. The molecule has 2 amide bonds. The molecule has 0 unspecified atom stereocenters. The van der Waals surface area contributed by atoms with E-state index in [0.29, 0.717) is 26.3 Å². The van der Waals surface area contributed by atoms with Gasteiger partial charge in [0.1, 0.15) is 13.2 Å². The monoisotopic (exact) mass is 563 g/mol. The van der Waals surface area contributed by atoms with Crippen LogP contribution in [-0.4, -0.2) is 47.4 Å². The fourth-order valence-electron chi connectivity index (χ4n) is 4.74. The van der Waals surface area contributed by atoms with Crippen LogP contribution < -0.4 is 10.6 Å². The standard InChI is InChI=1S/C31H53N3O4S/c1-2-3-4-5-6-7-8-9-10-11-12-13-14-15-16-18-22-33-30(35)37-25-28-23-29(39-28)26-38-31(36)34-24-27-20-17-19-21-32-27/h17,19-21,28-29H,2-16,18,22-26H2,1H3,(H,33,35)(H,34,36)/t28-,29-/m1/s1. The number of amides is 2. The van der Waals surface area contributed by atoms with Crippen LogP contribution in [0.3, 0.4) is 0 Å². The maximum Gasteiger partial charge on any atom is 0.407 e. The summed E-state index contributed by atoms with van der Waals surface area (Å²) in [4.78, 5) is 27.9. The molecular weight excluding hydrogens is 510 g/mol. The Morgan fingerprint density at radius 1 is 0.769 bits per heavy atom. The van der Waals surface area contributed by atoms with Crippen molar-refractivity contribution in [1.29, 1.82) is 0 Å². The fraction of sp³-hybridized carbons (Fsp3) is 0.774. The zero-order chi connectivity index (χ0) is 27.8. The van der Waals surface area contributed by atoms with Gasteiger partial charge in [0.15, 0.2) is 0 Å². The minimum absolute atomic E-state index is 0.257. The molecule has 0 aliphatic carbocycles. The lowest BCUT2D eigenvalue weighted by atomic mass is 10.0. The van der Waals surface area contributed by atoms with E-state index < -0.39 is 6.09 Å². The molecule has 39 heavy (non-hydrogen) atoms. The highest BCUT2D eigenvalue weighted by atomic mass is 32.2. The summed E-state index contributed by atoms with van der Waals surface area (Å²) in [6.07, 6.45) is 23.3. The van der Waals surface area contributed by atoms with Crippen molar-refractivity contribution >= 4 is 23.9 Å². The second-order valence-corrected chi connectivity index (χ2v) is 12.3. The Hall–Kier alpha value is -1.96. The molecule has 2 heterocycles. The molecule has 8 heteroatoms. The van der Waals surface area contributed by atoms with Crippen LogP contribution in [-0.2, 0) is 16.0 Å². The molecule has 1 fully saturated rings. The largest absolute Gasteiger partial charge is 0.448 e. The molecule has 2 N–H and O–H groups in total. The molecule has 0 spiro atoms. The molecule has 0 radical (unpaired) electrons. The van der Waals surface area contributed by atoms with E-state index in [0.717, 1.165) is 25.0 Å². The van der Waals surface area contributed by atoms with Crippen LogP contribution in [0.15, 0.2) is 24.4 Å². The Bertz CT molecular complexity index is 747. The van der Waals surface area contributed by atoms with Gasteiger partial charge in [-0.1, -0.05) is 109 Å². The van der Waals surface area contributed by atoms with Crippen molar-refractivity contribution in [2.24, 2.45) is 0 Å². The van der Waals surface area contributed by atoms with Crippen LogP contribution in [0.5, 0.6) is 0 Å². The van der Waals surface area contributed by atoms with Crippen LogP contribution in [0.1, 0.15) is 122 Å². The molecule has 1 aliphatic rings. The number of ether oxygens (including phenoxy) is 2. The number of rotatable bonds is 23. The number of carbonyl (C=O) groups is 2. The summed E-state index contributed by atoms with van der Waals surface area (Å²) in [7, 11) is 0.